The number of halogens is 6. The van der Waals surface area contributed by atoms with Crippen LogP contribution in [0.1, 0.15) is 66.6 Å². The number of likely N-dealkylation sites (tertiary alicyclic amines) is 1. The molecule has 0 radical (unpaired) electrons. The second-order valence-corrected chi connectivity index (χ2v) is 21.5. The molecule has 2 aliphatic rings. The van der Waals surface area contributed by atoms with Gasteiger partial charge in [0.05, 0.1) is 24.0 Å². The maximum absolute atomic E-state index is 14.3. The number of carbonyl (C=O) groups is 1. The largest absolute Gasteiger partial charge is 0.588 e. The fourth-order valence-corrected chi connectivity index (χ4v) is 11.9. The van der Waals surface area contributed by atoms with Crippen LogP contribution in [0.5, 0.6) is 0 Å². The van der Waals surface area contributed by atoms with E-state index in [2.05, 4.69) is 19.8 Å². The number of amides is 1. The number of anilines is 2. The molecule has 0 bridgehead atoms. The molecule has 2 heterocycles. The fourth-order valence-electron chi connectivity index (χ4n) is 9.12. The highest BCUT2D eigenvalue weighted by molar-refractivity contribution is 7.99. The van der Waals surface area contributed by atoms with E-state index in [1.54, 1.807) is 36.4 Å². The first-order valence-corrected chi connectivity index (χ1v) is 25.7. The molecule has 364 valence electrons. The Bertz CT molecular complexity index is 2600. The van der Waals surface area contributed by atoms with Crippen LogP contribution >= 0.6 is 11.8 Å². The number of alkyl halides is 6. The zero-order valence-corrected chi connectivity index (χ0v) is 39.4. The van der Waals surface area contributed by atoms with Crippen molar-refractivity contribution in [1.82, 2.24) is 9.62 Å². The van der Waals surface area contributed by atoms with Crippen LogP contribution in [0.4, 0.5) is 37.7 Å². The van der Waals surface area contributed by atoms with E-state index in [9.17, 15) is 54.3 Å². The molecule has 7 rings (SSSR count). The Morgan fingerprint density at radius 1 is 0.897 bits per heavy atom. The van der Waals surface area contributed by atoms with E-state index in [4.69, 9.17) is 0 Å². The van der Waals surface area contributed by atoms with Crippen LogP contribution in [0.25, 0.3) is 11.1 Å². The molecule has 1 amide bonds. The Morgan fingerprint density at radius 2 is 1.56 bits per heavy atom. The number of rotatable bonds is 17. The minimum atomic E-state index is -5.99. The highest BCUT2D eigenvalue weighted by Crippen LogP contribution is 2.41. The Morgan fingerprint density at radius 3 is 2.21 bits per heavy atom. The second-order valence-electron chi connectivity index (χ2n) is 17.3. The van der Waals surface area contributed by atoms with Crippen molar-refractivity contribution in [2.45, 2.75) is 83.1 Å². The summed E-state index contributed by atoms with van der Waals surface area (Å²) in [5.41, 5.74) is -4.58. The van der Waals surface area contributed by atoms with Crippen molar-refractivity contribution in [3.05, 3.63) is 138 Å². The van der Waals surface area contributed by atoms with Crippen LogP contribution in [0.3, 0.4) is 0 Å². The molecule has 10 nitrogen and oxygen atoms in total. The smallest absolute Gasteiger partial charge is 0.501 e. The molecular formula is C49H52F6N4O6S3. The topological polar surface area (TPSA) is 145 Å². The molecule has 4 atom stereocenters. The van der Waals surface area contributed by atoms with Crippen molar-refractivity contribution in [1.29, 1.82) is 0 Å². The standard InChI is InChI=1S/C49H52F6N4O6S3/c1-47(24-7-25-59(47)28-29-60)31-37(32-66-39-8-3-2-4-9-39)56-43-21-20-40(30-44(43)68(64,65)49(53,54)55)67(63)57-46(62)35-14-18-38(19-15-35)58-26-22-34(23-27-58)45(61)42-11-6-5-10-41(42)33-12-16-36(17-13-33)48(50,51)52/h2-6,8-21,30,34,37,45,56,60-61H,7,22-29,31-32H2,1H3,(H,57,62)/t37-,45-,47+,67?/m1/s1. The predicted octanol–water partition coefficient (Wildman–Crippen LogP) is 9.88. The first-order chi connectivity index (χ1) is 32.3. The van der Waals surface area contributed by atoms with Gasteiger partial charge in [-0.15, -0.1) is 11.8 Å². The molecule has 0 aliphatic carbocycles. The number of hydrogen-bond acceptors (Lipinski definition) is 10. The first kappa shape index (κ1) is 51.1. The van der Waals surface area contributed by atoms with Crippen molar-refractivity contribution in [2.24, 2.45) is 5.92 Å². The number of aliphatic hydroxyl groups excluding tert-OH is 2. The van der Waals surface area contributed by atoms with Gasteiger partial charge in [0.1, 0.15) is 16.3 Å². The number of nitrogens with zero attached hydrogens (tertiary/aromatic N) is 2. The molecule has 2 saturated heterocycles. The minimum absolute atomic E-state index is 0.0760. The number of piperidine rings is 1. The van der Waals surface area contributed by atoms with E-state index in [1.165, 1.54) is 42.1 Å². The number of β-amino-alcohol motifs (C(OH)–C–C–N with tert-alkyl or cyclic N) is 1. The summed E-state index contributed by atoms with van der Waals surface area (Å²) in [5.74, 6) is -0.614. The lowest BCUT2D eigenvalue weighted by Crippen LogP contribution is -2.46. The van der Waals surface area contributed by atoms with Crippen LogP contribution in [-0.4, -0.2) is 89.6 Å². The summed E-state index contributed by atoms with van der Waals surface area (Å²) in [5, 5.41) is 24.3. The van der Waals surface area contributed by atoms with E-state index >= 15 is 0 Å². The average molecular weight is 1000 g/mol. The lowest BCUT2D eigenvalue weighted by atomic mass is 9.84. The Labute approximate surface area is 399 Å². The summed E-state index contributed by atoms with van der Waals surface area (Å²) < 4.78 is 124. The van der Waals surface area contributed by atoms with Gasteiger partial charge in [0, 0.05) is 59.2 Å². The predicted molar refractivity (Wildman–Crippen MR) is 252 cm³/mol. The zero-order chi connectivity index (χ0) is 48.9. The van der Waals surface area contributed by atoms with Crippen LogP contribution in [-0.2, 0) is 27.4 Å². The SMILES string of the molecule is C[C@@]1(C[C@H](CSc2ccccc2)Nc2ccc([S+]([O-])NC(=O)c3ccc(N4CCC([C@@H](O)c5ccccc5-c5ccc(C(F)(F)F)cc5)CC4)cc3)cc2S(=O)(=O)C(F)(F)F)CCCN1CCO. The third-order valence-corrected chi connectivity index (χ3v) is 16.5. The van der Waals surface area contributed by atoms with E-state index in [-0.39, 0.29) is 28.7 Å². The highest BCUT2D eigenvalue weighted by atomic mass is 32.2. The lowest BCUT2D eigenvalue weighted by molar-refractivity contribution is -0.137. The minimum Gasteiger partial charge on any atom is -0.588 e. The van der Waals surface area contributed by atoms with Crippen molar-refractivity contribution in [3.8, 4) is 11.1 Å². The molecule has 19 heteroatoms. The third-order valence-electron chi connectivity index (χ3n) is 12.7. The quantitative estimate of drug-likeness (QED) is 0.0404. The zero-order valence-electron chi connectivity index (χ0n) is 37.0. The van der Waals surface area contributed by atoms with Gasteiger partial charge in [0.2, 0.25) is 0 Å². The van der Waals surface area contributed by atoms with Crippen molar-refractivity contribution >= 4 is 50.2 Å². The molecule has 2 aliphatic heterocycles. The molecule has 0 spiro atoms. The summed E-state index contributed by atoms with van der Waals surface area (Å²) in [6.07, 6.45) is -2.16. The van der Waals surface area contributed by atoms with Gasteiger partial charge >= 0.3 is 11.7 Å². The molecule has 0 saturated carbocycles. The Hall–Kier alpha value is -4.76. The molecule has 0 aromatic heterocycles. The highest BCUT2D eigenvalue weighted by Gasteiger charge is 2.49. The van der Waals surface area contributed by atoms with Gasteiger partial charge in [-0.2, -0.15) is 31.1 Å². The van der Waals surface area contributed by atoms with Gasteiger partial charge in [0.25, 0.3) is 15.7 Å². The maximum Gasteiger partial charge on any atom is 0.501 e. The third kappa shape index (κ3) is 12.0. The van der Waals surface area contributed by atoms with Crippen molar-refractivity contribution < 1.29 is 54.3 Å². The van der Waals surface area contributed by atoms with Gasteiger partial charge in [-0.25, -0.2) is 8.42 Å². The fraction of sp³-hybridized carbons (Fsp3) is 0.367. The number of nitrogens with one attached hydrogen (secondary N) is 2. The summed E-state index contributed by atoms with van der Waals surface area (Å²) in [7, 11) is -5.99. The normalized spacial score (nSPS) is 18.8. The van der Waals surface area contributed by atoms with Gasteiger partial charge in [-0.1, -0.05) is 54.6 Å². The lowest BCUT2D eigenvalue weighted by Gasteiger charge is -2.38. The van der Waals surface area contributed by atoms with Crippen LogP contribution in [0.2, 0.25) is 0 Å². The average Bonchev–Trinajstić information content (AvgIpc) is 3.68. The molecule has 5 aromatic carbocycles. The first-order valence-electron chi connectivity index (χ1n) is 22.1. The molecule has 68 heavy (non-hydrogen) atoms. The number of aliphatic hydroxyl groups is 2. The Kier molecular flexibility index (Phi) is 16.1. The molecule has 1 unspecified atom stereocenters. The number of benzene rings is 5. The number of thioether (sulfide) groups is 1. The summed E-state index contributed by atoms with van der Waals surface area (Å²) >= 11 is -1.03. The summed E-state index contributed by atoms with van der Waals surface area (Å²) in [6, 6.07) is 30.1. The van der Waals surface area contributed by atoms with E-state index < -0.39 is 66.9 Å². The van der Waals surface area contributed by atoms with Gasteiger partial charge < -0.3 is 25.0 Å². The van der Waals surface area contributed by atoms with E-state index in [0.29, 0.717) is 67.4 Å². The molecule has 5 aromatic rings. The van der Waals surface area contributed by atoms with E-state index in [0.717, 1.165) is 48.2 Å². The van der Waals surface area contributed by atoms with Gasteiger partial charge in [0.15, 0.2) is 4.90 Å². The van der Waals surface area contributed by atoms with Gasteiger partial charge in [-0.05, 0) is 129 Å². The van der Waals surface area contributed by atoms with Crippen molar-refractivity contribution in [2.75, 3.05) is 48.8 Å². The van der Waals surface area contributed by atoms with Gasteiger partial charge in [-0.3, -0.25) is 9.69 Å². The summed E-state index contributed by atoms with van der Waals surface area (Å²) in [6.45, 7) is 4.16. The summed E-state index contributed by atoms with van der Waals surface area (Å²) in [4.78, 5) is 16.9. The molecular weight excluding hydrogens is 951 g/mol. The van der Waals surface area contributed by atoms with E-state index in [1.807, 2.05) is 37.3 Å². The number of carbonyl (C=O) groups excluding carboxylic acids is 1. The van der Waals surface area contributed by atoms with Crippen molar-refractivity contribution in [3.63, 3.8) is 0 Å². The van der Waals surface area contributed by atoms with Crippen LogP contribution < -0.4 is 14.9 Å². The molecule has 4 N–H and O–H groups in total. The number of hydrogen-bond donors (Lipinski definition) is 4. The second kappa shape index (κ2) is 21.5. The maximum atomic E-state index is 14.3. The Balaban J connectivity index is 1.02. The van der Waals surface area contributed by atoms with Crippen LogP contribution in [0.15, 0.2) is 136 Å². The monoisotopic (exact) mass is 1000 g/mol. The number of sulfone groups is 1. The van der Waals surface area contributed by atoms with Crippen LogP contribution in [0, 0.1) is 5.92 Å². The molecule has 2 fully saturated rings.